The molecular weight excluding hydrogens is 328 g/mol. The third-order valence-electron chi connectivity index (χ3n) is 3.93. The van der Waals surface area contributed by atoms with Gasteiger partial charge in [0, 0.05) is 11.6 Å². The lowest BCUT2D eigenvalue weighted by molar-refractivity contribution is 0.0516. The molecule has 25 heavy (non-hydrogen) atoms. The predicted molar refractivity (Wildman–Crippen MR) is 85.5 cm³/mol. The number of hydrogen-bond donors (Lipinski definition) is 3. The fraction of sp³-hybridized carbons (Fsp3) is 0.118. The summed E-state index contributed by atoms with van der Waals surface area (Å²) >= 11 is 0. The van der Waals surface area contributed by atoms with Crippen LogP contribution in [0.1, 0.15) is 36.6 Å². The number of methoxy groups -OCH3 is 1. The Labute approximate surface area is 142 Å². The molecule has 3 amide bonds. The summed E-state index contributed by atoms with van der Waals surface area (Å²) in [6.07, 6.45) is 0. The molecule has 0 radical (unpaired) electrons. The molecule has 0 spiro atoms. The van der Waals surface area contributed by atoms with E-state index in [-0.39, 0.29) is 28.2 Å². The van der Waals surface area contributed by atoms with Gasteiger partial charge in [-0.3, -0.25) is 19.8 Å². The quantitative estimate of drug-likeness (QED) is 0.725. The molecule has 3 N–H and O–H groups in total. The lowest BCUT2D eigenvalue weighted by Crippen LogP contribution is -2.45. The summed E-state index contributed by atoms with van der Waals surface area (Å²) < 4.78 is 5.07. The Balaban J connectivity index is 1.98. The van der Waals surface area contributed by atoms with Crippen molar-refractivity contribution in [2.45, 2.75) is 6.92 Å². The van der Waals surface area contributed by atoms with Gasteiger partial charge in [0.15, 0.2) is 0 Å². The predicted octanol–water partition coefficient (Wildman–Crippen LogP) is 1.36. The molecule has 128 valence electrons. The van der Waals surface area contributed by atoms with E-state index in [2.05, 4.69) is 5.43 Å². The number of carbonyl (C=O) groups excluding carboxylic acids is 3. The first-order chi connectivity index (χ1) is 11.9. The fourth-order valence-corrected chi connectivity index (χ4v) is 2.68. The van der Waals surface area contributed by atoms with Crippen molar-refractivity contribution in [1.29, 1.82) is 0 Å². The van der Waals surface area contributed by atoms with E-state index in [1.54, 1.807) is 6.92 Å². The van der Waals surface area contributed by atoms with Gasteiger partial charge in [-0.25, -0.2) is 0 Å². The smallest absolute Gasteiger partial charge is 0.284 e. The van der Waals surface area contributed by atoms with Gasteiger partial charge in [-0.2, -0.15) is 5.01 Å². The van der Waals surface area contributed by atoms with E-state index in [0.717, 1.165) is 0 Å². The first-order valence-corrected chi connectivity index (χ1v) is 7.25. The van der Waals surface area contributed by atoms with Crippen LogP contribution in [0, 0.1) is 6.92 Å². The summed E-state index contributed by atoms with van der Waals surface area (Å²) in [6, 6.07) is 6.93. The van der Waals surface area contributed by atoms with Crippen LogP contribution in [0.2, 0.25) is 0 Å². The van der Waals surface area contributed by atoms with Gasteiger partial charge in [-0.15, -0.1) is 0 Å². The van der Waals surface area contributed by atoms with Crippen LogP contribution in [0.25, 0.3) is 0 Å². The van der Waals surface area contributed by atoms with Crippen LogP contribution in [0.5, 0.6) is 17.2 Å². The number of fused-ring (bicyclic) bond motifs is 1. The number of carbonyl (C=O) groups is 3. The average molecular weight is 342 g/mol. The van der Waals surface area contributed by atoms with Gasteiger partial charge in [0.25, 0.3) is 17.7 Å². The molecule has 0 saturated heterocycles. The molecule has 1 aliphatic rings. The van der Waals surface area contributed by atoms with Crippen molar-refractivity contribution in [2.75, 3.05) is 7.11 Å². The number of rotatable bonds is 3. The Morgan fingerprint density at radius 3 is 2.36 bits per heavy atom. The van der Waals surface area contributed by atoms with Gasteiger partial charge < -0.3 is 14.9 Å². The zero-order chi connectivity index (χ0) is 18.3. The zero-order valence-corrected chi connectivity index (χ0v) is 13.4. The summed E-state index contributed by atoms with van der Waals surface area (Å²) in [5.74, 6) is -2.97. The molecule has 8 nitrogen and oxygen atoms in total. The van der Waals surface area contributed by atoms with Crippen molar-refractivity contribution < 1.29 is 29.3 Å². The van der Waals surface area contributed by atoms with Crippen LogP contribution in [0.4, 0.5) is 0 Å². The number of imide groups is 1. The van der Waals surface area contributed by atoms with E-state index in [0.29, 0.717) is 10.6 Å². The Bertz CT molecular complexity index is 922. The van der Waals surface area contributed by atoms with Crippen LogP contribution >= 0.6 is 0 Å². The summed E-state index contributed by atoms with van der Waals surface area (Å²) in [6.45, 7) is 1.57. The number of benzene rings is 2. The molecule has 0 atom stereocenters. The van der Waals surface area contributed by atoms with E-state index < -0.39 is 23.5 Å². The van der Waals surface area contributed by atoms with E-state index in [4.69, 9.17) is 4.74 Å². The first kappa shape index (κ1) is 16.3. The number of amides is 3. The van der Waals surface area contributed by atoms with Crippen molar-refractivity contribution >= 4 is 17.7 Å². The van der Waals surface area contributed by atoms with Gasteiger partial charge >= 0.3 is 0 Å². The second-order valence-electron chi connectivity index (χ2n) is 5.38. The number of phenols is 2. The minimum Gasteiger partial charge on any atom is -0.507 e. The third kappa shape index (κ3) is 2.44. The molecule has 0 aromatic heterocycles. The first-order valence-electron chi connectivity index (χ1n) is 7.25. The minimum absolute atomic E-state index is 0.0422. The monoisotopic (exact) mass is 342 g/mol. The maximum atomic E-state index is 12.6. The number of phenolic OH excluding ortho intramolecular Hbond substituents is 2. The maximum Gasteiger partial charge on any atom is 0.284 e. The number of nitrogens with one attached hydrogen (secondary N) is 1. The summed E-state index contributed by atoms with van der Waals surface area (Å²) in [4.78, 5) is 37.3. The Kier molecular flexibility index (Phi) is 3.80. The van der Waals surface area contributed by atoms with Gasteiger partial charge in [0.2, 0.25) is 0 Å². The standard InChI is InChI=1S/C17H14N2O6/c1-8-12(25-2)7-11(21)14-13(8)16(23)19(17(14)24)18-15(22)9-5-3-4-6-10(9)20/h3-7,20-21H,1-2H3,(H,18,22). The SMILES string of the molecule is COc1cc(O)c2c(c1C)C(=O)N(NC(=O)c1ccccc1O)C2=O. The maximum absolute atomic E-state index is 12.6. The highest BCUT2D eigenvalue weighted by Gasteiger charge is 2.41. The van der Waals surface area contributed by atoms with E-state index in [1.807, 2.05) is 0 Å². The molecule has 0 bridgehead atoms. The topological polar surface area (TPSA) is 116 Å². The molecular formula is C17H14N2O6. The van der Waals surface area contributed by atoms with E-state index >= 15 is 0 Å². The van der Waals surface area contributed by atoms with Crippen molar-refractivity contribution in [2.24, 2.45) is 0 Å². The third-order valence-corrected chi connectivity index (χ3v) is 3.93. The molecule has 2 aromatic rings. The lowest BCUT2D eigenvalue weighted by Gasteiger charge is -2.15. The van der Waals surface area contributed by atoms with Gasteiger partial charge in [0.05, 0.1) is 23.8 Å². The number of hydrogen-bond acceptors (Lipinski definition) is 6. The number of hydrazine groups is 1. The number of ether oxygens (including phenoxy) is 1. The van der Waals surface area contributed by atoms with Crippen LogP contribution in [0.3, 0.4) is 0 Å². The van der Waals surface area contributed by atoms with Crippen molar-refractivity contribution in [1.82, 2.24) is 10.4 Å². The molecule has 2 aromatic carbocycles. The van der Waals surface area contributed by atoms with Crippen molar-refractivity contribution in [3.05, 3.63) is 52.6 Å². The number of nitrogens with zero attached hydrogens (tertiary/aromatic N) is 1. The highest BCUT2D eigenvalue weighted by Crippen LogP contribution is 2.37. The molecule has 0 fully saturated rings. The van der Waals surface area contributed by atoms with E-state index in [1.165, 1.54) is 37.4 Å². The number of para-hydroxylation sites is 1. The second kappa shape index (κ2) is 5.82. The van der Waals surface area contributed by atoms with Gasteiger partial charge in [0.1, 0.15) is 17.2 Å². The van der Waals surface area contributed by atoms with Crippen molar-refractivity contribution in [3.63, 3.8) is 0 Å². The number of aromatic hydroxyl groups is 2. The molecule has 3 rings (SSSR count). The highest BCUT2D eigenvalue weighted by atomic mass is 16.5. The Morgan fingerprint density at radius 1 is 1.08 bits per heavy atom. The summed E-state index contributed by atoms with van der Waals surface area (Å²) in [7, 11) is 1.37. The van der Waals surface area contributed by atoms with Crippen molar-refractivity contribution in [3.8, 4) is 17.2 Å². The largest absolute Gasteiger partial charge is 0.507 e. The summed E-state index contributed by atoms with van der Waals surface area (Å²) in [5.41, 5.74) is 2.18. The molecule has 1 aliphatic heterocycles. The van der Waals surface area contributed by atoms with Gasteiger partial charge in [-0.05, 0) is 19.1 Å². The lowest BCUT2D eigenvalue weighted by atomic mass is 10.0. The van der Waals surface area contributed by atoms with Crippen LogP contribution < -0.4 is 10.2 Å². The molecule has 1 heterocycles. The van der Waals surface area contributed by atoms with Gasteiger partial charge in [-0.1, -0.05) is 12.1 Å². The Hall–Kier alpha value is -3.55. The molecule has 0 unspecified atom stereocenters. The van der Waals surface area contributed by atoms with E-state index in [9.17, 15) is 24.6 Å². The van der Waals surface area contributed by atoms with Crippen LogP contribution in [-0.4, -0.2) is 40.1 Å². The molecule has 0 saturated carbocycles. The normalized spacial score (nSPS) is 13.0. The minimum atomic E-state index is -0.868. The summed E-state index contributed by atoms with van der Waals surface area (Å²) in [5, 5.41) is 20.3. The average Bonchev–Trinajstić information content (AvgIpc) is 2.83. The van der Waals surface area contributed by atoms with Crippen LogP contribution in [-0.2, 0) is 0 Å². The Morgan fingerprint density at radius 2 is 1.72 bits per heavy atom. The fourth-order valence-electron chi connectivity index (χ4n) is 2.68. The highest BCUT2D eigenvalue weighted by molar-refractivity contribution is 6.24. The molecule has 8 heteroatoms. The zero-order valence-electron chi connectivity index (χ0n) is 13.4. The van der Waals surface area contributed by atoms with Crippen LogP contribution in [0.15, 0.2) is 30.3 Å². The molecule has 0 aliphatic carbocycles. The second-order valence-corrected chi connectivity index (χ2v) is 5.38.